The molecule has 0 aromatic heterocycles. The van der Waals surface area contributed by atoms with Gasteiger partial charge in [-0.15, -0.1) is 0 Å². The van der Waals surface area contributed by atoms with Crippen molar-refractivity contribution in [1.29, 1.82) is 0 Å². The zero-order valence-electron chi connectivity index (χ0n) is 13.1. The summed E-state index contributed by atoms with van der Waals surface area (Å²) in [4.78, 5) is 22.8. The van der Waals surface area contributed by atoms with Gasteiger partial charge in [0, 0.05) is 31.8 Å². The van der Waals surface area contributed by atoms with Gasteiger partial charge in [0.2, 0.25) is 5.91 Å². The Morgan fingerprint density at radius 2 is 2.09 bits per heavy atom. The van der Waals surface area contributed by atoms with Crippen molar-refractivity contribution in [3.05, 3.63) is 36.4 Å². The fraction of sp³-hybridized carbons (Fsp3) is 0.375. The van der Waals surface area contributed by atoms with Gasteiger partial charge in [0.25, 0.3) is 0 Å². The van der Waals surface area contributed by atoms with Crippen molar-refractivity contribution in [2.75, 3.05) is 25.5 Å². The van der Waals surface area contributed by atoms with Crippen LogP contribution < -0.4 is 20.7 Å². The van der Waals surface area contributed by atoms with E-state index in [1.807, 2.05) is 13.0 Å². The van der Waals surface area contributed by atoms with Crippen molar-refractivity contribution >= 4 is 17.6 Å². The molecule has 22 heavy (non-hydrogen) atoms. The quantitative estimate of drug-likeness (QED) is 0.509. The number of nitrogens with one attached hydrogen (secondary N) is 3. The van der Waals surface area contributed by atoms with E-state index in [2.05, 4.69) is 22.5 Å². The molecule has 3 amide bonds. The van der Waals surface area contributed by atoms with Crippen LogP contribution in [0.5, 0.6) is 5.75 Å². The molecule has 0 heterocycles. The van der Waals surface area contributed by atoms with Gasteiger partial charge in [0.1, 0.15) is 12.4 Å². The van der Waals surface area contributed by atoms with Crippen LogP contribution in [-0.2, 0) is 4.79 Å². The number of ether oxygens (including phenoxy) is 1. The Bertz CT molecular complexity index is 529. The molecule has 0 aliphatic rings. The second-order valence-corrected chi connectivity index (χ2v) is 4.93. The number of hydrogen-bond donors (Lipinski definition) is 3. The Labute approximate surface area is 130 Å². The summed E-state index contributed by atoms with van der Waals surface area (Å²) in [5.74, 6) is 0.630. The first kappa shape index (κ1) is 17.6. The Balaban J connectivity index is 2.36. The minimum atomic E-state index is -0.311. The third kappa shape index (κ3) is 7.33. The molecule has 0 unspecified atom stereocenters. The summed E-state index contributed by atoms with van der Waals surface area (Å²) in [5.41, 5.74) is 1.57. The summed E-state index contributed by atoms with van der Waals surface area (Å²) in [6.45, 7) is 6.53. The first-order chi connectivity index (χ1) is 10.5. The molecule has 0 saturated carbocycles. The third-order valence-corrected chi connectivity index (χ3v) is 2.72. The molecular weight excluding hydrogens is 282 g/mol. The highest BCUT2D eigenvalue weighted by Gasteiger charge is 2.03. The monoisotopic (exact) mass is 305 g/mol. The van der Waals surface area contributed by atoms with Crippen LogP contribution in [0.25, 0.3) is 0 Å². The van der Waals surface area contributed by atoms with Crippen molar-refractivity contribution in [2.45, 2.75) is 19.8 Å². The van der Waals surface area contributed by atoms with Crippen molar-refractivity contribution < 1.29 is 14.3 Å². The molecule has 1 aromatic carbocycles. The predicted octanol–water partition coefficient (Wildman–Crippen LogP) is 2.29. The predicted molar refractivity (Wildman–Crippen MR) is 87.1 cm³/mol. The SMILES string of the molecule is C=C(C)COc1cccc(NC(=O)NCCCC(=O)NC)c1. The summed E-state index contributed by atoms with van der Waals surface area (Å²) in [7, 11) is 1.59. The molecule has 6 nitrogen and oxygen atoms in total. The fourth-order valence-corrected chi connectivity index (χ4v) is 1.62. The van der Waals surface area contributed by atoms with Gasteiger partial charge < -0.3 is 20.7 Å². The second kappa shape index (κ2) is 9.44. The number of urea groups is 1. The van der Waals surface area contributed by atoms with Crippen LogP contribution in [0.1, 0.15) is 19.8 Å². The number of anilines is 1. The molecular formula is C16H23N3O3. The summed E-state index contributed by atoms with van der Waals surface area (Å²) >= 11 is 0. The van der Waals surface area contributed by atoms with E-state index in [1.54, 1.807) is 25.2 Å². The lowest BCUT2D eigenvalue weighted by Gasteiger charge is -2.10. The van der Waals surface area contributed by atoms with Gasteiger partial charge in [-0.05, 0) is 31.1 Å². The van der Waals surface area contributed by atoms with Crippen molar-refractivity contribution in [2.24, 2.45) is 0 Å². The number of amides is 3. The number of benzene rings is 1. The molecule has 6 heteroatoms. The van der Waals surface area contributed by atoms with E-state index in [4.69, 9.17) is 4.74 Å². The van der Waals surface area contributed by atoms with Crippen LogP contribution in [0.3, 0.4) is 0 Å². The summed E-state index contributed by atoms with van der Waals surface area (Å²) in [5, 5.41) is 7.95. The zero-order valence-corrected chi connectivity index (χ0v) is 13.1. The van der Waals surface area contributed by atoms with Gasteiger partial charge in [-0.25, -0.2) is 4.79 Å². The largest absolute Gasteiger partial charge is 0.489 e. The lowest BCUT2D eigenvalue weighted by Crippen LogP contribution is -2.30. The highest BCUT2D eigenvalue weighted by molar-refractivity contribution is 5.89. The van der Waals surface area contributed by atoms with Crippen molar-refractivity contribution in [3.63, 3.8) is 0 Å². The lowest BCUT2D eigenvalue weighted by atomic mass is 10.3. The zero-order chi connectivity index (χ0) is 16.4. The van der Waals surface area contributed by atoms with E-state index in [-0.39, 0.29) is 11.9 Å². The van der Waals surface area contributed by atoms with Crippen LogP contribution in [0.15, 0.2) is 36.4 Å². The Morgan fingerprint density at radius 3 is 2.77 bits per heavy atom. The Morgan fingerprint density at radius 1 is 1.32 bits per heavy atom. The van der Waals surface area contributed by atoms with Crippen molar-refractivity contribution in [1.82, 2.24) is 10.6 Å². The molecule has 1 aromatic rings. The maximum Gasteiger partial charge on any atom is 0.319 e. The highest BCUT2D eigenvalue weighted by atomic mass is 16.5. The van der Waals surface area contributed by atoms with Crippen LogP contribution in [0, 0.1) is 0 Å². The van der Waals surface area contributed by atoms with E-state index in [0.29, 0.717) is 37.4 Å². The molecule has 0 saturated heterocycles. The highest BCUT2D eigenvalue weighted by Crippen LogP contribution is 2.17. The number of carbonyl (C=O) groups excluding carboxylic acids is 2. The molecule has 0 atom stereocenters. The molecule has 0 bridgehead atoms. The number of hydrogen-bond acceptors (Lipinski definition) is 3. The molecule has 0 aliphatic carbocycles. The standard InChI is InChI=1S/C16H23N3O3/c1-12(2)11-22-14-7-4-6-13(10-14)19-16(21)18-9-5-8-15(20)17-3/h4,6-7,10H,1,5,8-9,11H2,2-3H3,(H,17,20)(H2,18,19,21). The smallest absolute Gasteiger partial charge is 0.319 e. The van der Waals surface area contributed by atoms with Gasteiger partial charge in [0.15, 0.2) is 0 Å². The minimum absolute atomic E-state index is 0.0374. The van der Waals surface area contributed by atoms with Gasteiger partial charge in [-0.1, -0.05) is 12.6 Å². The third-order valence-electron chi connectivity index (χ3n) is 2.72. The molecule has 1 rings (SSSR count). The van der Waals surface area contributed by atoms with Crippen LogP contribution in [0.2, 0.25) is 0 Å². The molecule has 3 N–H and O–H groups in total. The Kier molecular flexibility index (Phi) is 7.53. The summed E-state index contributed by atoms with van der Waals surface area (Å²) in [6.07, 6.45) is 0.982. The minimum Gasteiger partial charge on any atom is -0.489 e. The normalized spacial score (nSPS) is 9.73. The first-order valence-electron chi connectivity index (χ1n) is 7.14. The van der Waals surface area contributed by atoms with Gasteiger partial charge >= 0.3 is 6.03 Å². The first-order valence-corrected chi connectivity index (χ1v) is 7.14. The molecule has 0 spiro atoms. The maximum atomic E-state index is 11.7. The van der Waals surface area contributed by atoms with E-state index in [1.165, 1.54) is 0 Å². The number of carbonyl (C=O) groups is 2. The molecule has 0 radical (unpaired) electrons. The van der Waals surface area contributed by atoms with E-state index in [9.17, 15) is 9.59 Å². The van der Waals surface area contributed by atoms with E-state index < -0.39 is 0 Å². The fourth-order valence-electron chi connectivity index (χ4n) is 1.62. The topological polar surface area (TPSA) is 79.5 Å². The second-order valence-electron chi connectivity index (χ2n) is 4.93. The average Bonchev–Trinajstić information content (AvgIpc) is 2.49. The van der Waals surface area contributed by atoms with Crippen LogP contribution >= 0.6 is 0 Å². The number of rotatable bonds is 8. The molecule has 0 aliphatic heterocycles. The average molecular weight is 305 g/mol. The van der Waals surface area contributed by atoms with E-state index in [0.717, 1.165) is 5.57 Å². The maximum absolute atomic E-state index is 11.7. The molecule has 0 fully saturated rings. The summed E-state index contributed by atoms with van der Waals surface area (Å²) < 4.78 is 5.51. The van der Waals surface area contributed by atoms with Gasteiger partial charge in [0.05, 0.1) is 0 Å². The lowest BCUT2D eigenvalue weighted by molar-refractivity contribution is -0.120. The Hall–Kier alpha value is -2.50. The van der Waals surface area contributed by atoms with Gasteiger partial charge in [-0.2, -0.15) is 0 Å². The molecule has 120 valence electrons. The van der Waals surface area contributed by atoms with Crippen molar-refractivity contribution in [3.8, 4) is 5.75 Å². The summed E-state index contributed by atoms with van der Waals surface area (Å²) in [6, 6.07) is 6.82. The van der Waals surface area contributed by atoms with E-state index >= 15 is 0 Å². The van der Waals surface area contributed by atoms with Crippen LogP contribution in [0.4, 0.5) is 10.5 Å². The van der Waals surface area contributed by atoms with Gasteiger partial charge in [-0.3, -0.25) is 4.79 Å². The van der Waals surface area contributed by atoms with Crippen LogP contribution in [-0.4, -0.2) is 32.1 Å².